The smallest absolute Gasteiger partial charge is 0.158 e. The zero-order chi connectivity index (χ0) is 12.8. The van der Waals surface area contributed by atoms with Gasteiger partial charge in [0.05, 0.1) is 0 Å². The topological polar surface area (TPSA) is 85.1 Å². The molecule has 0 atom stereocenters. The maximum Gasteiger partial charge on any atom is 0.158 e. The van der Waals surface area contributed by atoms with Crippen LogP contribution in [0.1, 0.15) is 31.5 Å². The second-order valence-electron chi connectivity index (χ2n) is 4.64. The number of ether oxygens (including phenoxy) is 1. The van der Waals surface area contributed by atoms with E-state index >= 15 is 0 Å². The van der Waals surface area contributed by atoms with Crippen molar-refractivity contribution in [2.75, 3.05) is 24.4 Å². The van der Waals surface area contributed by atoms with Crippen molar-refractivity contribution >= 4 is 11.6 Å². The Morgan fingerprint density at radius 2 is 2.17 bits per heavy atom. The van der Waals surface area contributed by atoms with E-state index in [9.17, 15) is 0 Å². The van der Waals surface area contributed by atoms with Crippen molar-refractivity contribution in [3.63, 3.8) is 0 Å². The Bertz CT molecular complexity index is 381. The zero-order valence-electron chi connectivity index (χ0n) is 10.8. The van der Waals surface area contributed by atoms with E-state index in [4.69, 9.17) is 10.6 Å². The van der Waals surface area contributed by atoms with Crippen LogP contribution in [0.5, 0.6) is 0 Å². The molecule has 6 heteroatoms. The molecular formula is C12H21N5O. The number of nitrogen functional groups attached to an aromatic ring is 1. The first-order chi connectivity index (χ1) is 8.81. The molecule has 18 heavy (non-hydrogen) atoms. The van der Waals surface area contributed by atoms with Crippen LogP contribution in [0.15, 0.2) is 6.07 Å². The molecule has 0 bridgehead atoms. The molecule has 2 rings (SSSR count). The van der Waals surface area contributed by atoms with Crippen molar-refractivity contribution in [2.45, 2.75) is 32.3 Å². The number of nitrogens with one attached hydrogen (secondary N) is 2. The average Bonchev–Trinajstić information content (AvgIpc) is 2.32. The van der Waals surface area contributed by atoms with Gasteiger partial charge in [-0.1, -0.05) is 19.3 Å². The molecule has 0 unspecified atom stereocenters. The second-order valence-corrected chi connectivity index (χ2v) is 4.64. The predicted molar refractivity (Wildman–Crippen MR) is 71.0 cm³/mol. The lowest BCUT2D eigenvalue weighted by Gasteiger charge is -2.25. The number of hydrazine groups is 1. The van der Waals surface area contributed by atoms with Gasteiger partial charge in [-0.3, -0.25) is 0 Å². The molecule has 1 aromatic rings. The van der Waals surface area contributed by atoms with Gasteiger partial charge in [-0.25, -0.2) is 15.8 Å². The van der Waals surface area contributed by atoms with E-state index in [0.29, 0.717) is 18.2 Å². The number of hydrogen-bond acceptors (Lipinski definition) is 6. The Morgan fingerprint density at radius 3 is 2.78 bits per heavy atom. The molecule has 1 heterocycles. The molecular weight excluding hydrogens is 230 g/mol. The lowest BCUT2D eigenvalue weighted by Crippen LogP contribution is -2.17. The van der Waals surface area contributed by atoms with Gasteiger partial charge in [-0.05, 0) is 12.3 Å². The van der Waals surface area contributed by atoms with Gasteiger partial charge < -0.3 is 15.5 Å². The molecule has 0 radical (unpaired) electrons. The van der Waals surface area contributed by atoms with Gasteiger partial charge in [-0.2, -0.15) is 0 Å². The first-order valence-electron chi connectivity index (χ1n) is 6.39. The highest BCUT2D eigenvalue weighted by atomic mass is 16.5. The number of nitrogens with two attached hydrogens (primary N) is 1. The molecule has 1 saturated carbocycles. The number of aromatic nitrogens is 2. The Labute approximate surface area is 107 Å². The van der Waals surface area contributed by atoms with Crippen LogP contribution >= 0.6 is 0 Å². The van der Waals surface area contributed by atoms with Crippen LogP contribution < -0.4 is 16.6 Å². The first kappa shape index (κ1) is 13.0. The SMILES string of the molecule is COCc1nc(NN)cc(NCCC2CCC2)n1. The van der Waals surface area contributed by atoms with E-state index < -0.39 is 0 Å². The Kier molecular flexibility index (Phi) is 4.72. The normalized spacial score (nSPS) is 15.2. The van der Waals surface area contributed by atoms with Crippen LogP contribution in [0.3, 0.4) is 0 Å². The van der Waals surface area contributed by atoms with E-state index in [-0.39, 0.29) is 0 Å². The van der Waals surface area contributed by atoms with Gasteiger partial charge in [0.15, 0.2) is 5.82 Å². The molecule has 6 nitrogen and oxygen atoms in total. The first-order valence-corrected chi connectivity index (χ1v) is 6.39. The molecule has 100 valence electrons. The highest BCUT2D eigenvalue weighted by Crippen LogP contribution is 2.29. The Morgan fingerprint density at radius 1 is 1.39 bits per heavy atom. The number of methoxy groups -OCH3 is 1. The molecule has 4 N–H and O–H groups in total. The van der Waals surface area contributed by atoms with E-state index in [0.717, 1.165) is 18.3 Å². The fourth-order valence-corrected chi connectivity index (χ4v) is 2.04. The summed E-state index contributed by atoms with van der Waals surface area (Å²) in [7, 11) is 1.62. The van der Waals surface area contributed by atoms with Crippen molar-refractivity contribution in [3.8, 4) is 0 Å². The molecule has 0 aliphatic heterocycles. The van der Waals surface area contributed by atoms with Crippen molar-refractivity contribution < 1.29 is 4.74 Å². The molecule has 1 aromatic heterocycles. The van der Waals surface area contributed by atoms with E-state index in [2.05, 4.69) is 20.7 Å². The summed E-state index contributed by atoms with van der Waals surface area (Å²) in [5.74, 6) is 8.30. The van der Waals surface area contributed by atoms with Gasteiger partial charge in [-0.15, -0.1) is 0 Å². The van der Waals surface area contributed by atoms with E-state index in [1.165, 1.54) is 25.7 Å². The van der Waals surface area contributed by atoms with Crippen LogP contribution in [0.4, 0.5) is 11.6 Å². The van der Waals surface area contributed by atoms with Gasteiger partial charge in [0.25, 0.3) is 0 Å². The average molecular weight is 251 g/mol. The molecule has 0 spiro atoms. The maximum absolute atomic E-state index is 5.38. The highest BCUT2D eigenvalue weighted by molar-refractivity contribution is 5.46. The van der Waals surface area contributed by atoms with Crippen LogP contribution in [-0.2, 0) is 11.3 Å². The molecule has 0 amide bonds. The fourth-order valence-electron chi connectivity index (χ4n) is 2.04. The summed E-state index contributed by atoms with van der Waals surface area (Å²) in [4.78, 5) is 8.57. The van der Waals surface area contributed by atoms with E-state index in [1.807, 2.05) is 0 Å². The molecule has 1 fully saturated rings. The summed E-state index contributed by atoms with van der Waals surface area (Å²) >= 11 is 0. The summed E-state index contributed by atoms with van der Waals surface area (Å²) in [5.41, 5.74) is 2.54. The van der Waals surface area contributed by atoms with Crippen molar-refractivity contribution in [3.05, 3.63) is 11.9 Å². The minimum absolute atomic E-state index is 0.382. The van der Waals surface area contributed by atoms with Gasteiger partial charge in [0.1, 0.15) is 18.2 Å². The molecule has 0 aromatic carbocycles. The minimum atomic E-state index is 0.382. The number of nitrogens with zero attached hydrogens (tertiary/aromatic N) is 2. The predicted octanol–water partition coefficient (Wildman–Crippen LogP) is 1.51. The number of anilines is 2. The van der Waals surface area contributed by atoms with Crippen molar-refractivity contribution in [1.82, 2.24) is 9.97 Å². The lowest BCUT2D eigenvalue weighted by atomic mass is 9.83. The third-order valence-electron chi connectivity index (χ3n) is 3.28. The summed E-state index contributed by atoms with van der Waals surface area (Å²) < 4.78 is 5.03. The third-order valence-corrected chi connectivity index (χ3v) is 3.28. The largest absolute Gasteiger partial charge is 0.377 e. The maximum atomic E-state index is 5.38. The summed E-state index contributed by atoms with van der Waals surface area (Å²) in [5, 5.41) is 3.32. The van der Waals surface area contributed by atoms with Crippen molar-refractivity contribution in [2.24, 2.45) is 11.8 Å². The second kappa shape index (κ2) is 6.51. The summed E-state index contributed by atoms with van der Waals surface area (Å²) in [6.45, 7) is 1.32. The Balaban J connectivity index is 1.90. The van der Waals surface area contributed by atoms with Gasteiger partial charge in [0, 0.05) is 19.7 Å². The number of rotatable bonds is 7. The van der Waals surface area contributed by atoms with Crippen LogP contribution in [0.25, 0.3) is 0 Å². The molecule has 0 saturated heterocycles. The summed E-state index contributed by atoms with van der Waals surface area (Å²) in [6.07, 6.45) is 5.33. The summed E-state index contributed by atoms with van der Waals surface area (Å²) in [6, 6.07) is 1.81. The monoisotopic (exact) mass is 251 g/mol. The minimum Gasteiger partial charge on any atom is -0.377 e. The van der Waals surface area contributed by atoms with Gasteiger partial charge in [0.2, 0.25) is 0 Å². The van der Waals surface area contributed by atoms with Crippen LogP contribution in [0.2, 0.25) is 0 Å². The standard InChI is InChI=1S/C12H21N5O/c1-18-8-12-15-10(7-11(16-12)17-13)14-6-5-9-3-2-4-9/h7,9H,2-6,8,13H2,1H3,(H2,14,15,16,17). The van der Waals surface area contributed by atoms with Crippen LogP contribution in [-0.4, -0.2) is 23.6 Å². The zero-order valence-corrected chi connectivity index (χ0v) is 10.8. The third kappa shape index (κ3) is 3.54. The fraction of sp³-hybridized carbons (Fsp3) is 0.667. The molecule has 1 aliphatic rings. The van der Waals surface area contributed by atoms with Crippen LogP contribution in [0, 0.1) is 5.92 Å². The number of hydrogen-bond donors (Lipinski definition) is 3. The van der Waals surface area contributed by atoms with Gasteiger partial charge >= 0.3 is 0 Å². The van der Waals surface area contributed by atoms with Crippen molar-refractivity contribution in [1.29, 1.82) is 0 Å². The lowest BCUT2D eigenvalue weighted by molar-refractivity contribution is 0.178. The Hall–Kier alpha value is -1.40. The highest BCUT2D eigenvalue weighted by Gasteiger charge is 2.16. The van der Waals surface area contributed by atoms with E-state index in [1.54, 1.807) is 13.2 Å². The molecule has 1 aliphatic carbocycles. The quantitative estimate of drug-likeness (QED) is 0.503.